The normalized spacial score (nSPS) is 10.3. The van der Waals surface area contributed by atoms with Crippen molar-refractivity contribution in [2.75, 3.05) is 0 Å². The van der Waals surface area contributed by atoms with E-state index in [9.17, 15) is 4.79 Å². The molecule has 0 saturated heterocycles. The highest BCUT2D eigenvalue weighted by molar-refractivity contribution is 6.30. The molecule has 0 unspecified atom stereocenters. The van der Waals surface area contributed by atoms with Gasteiger partial charge in [-0.3, -0.25) is 0 Å². The summed E-state index contributed by atoms with van der Waals surface area (Å²) in [6.45, 7) is 2.28. The maximum Gasteiger partial charge on any atom is 0.347 e. The number of hydrogen-bond donors (Lipinski definition) is 0. The van der Waals surface area contributed by atoms with E-state index >= 15 is 0 Å². The number of hydrogen-bond acceptors (Lipinski definition) is 3. The minimum Gasteiger partial charge on any atom is -0.488 e. The molecule has 25 heavy (non-hydrogen) atoms. The summed E-state index contributed by atoms with van der Waals surface area (Å²) in [5, 5.41) is 0.672. The summed E-state index contributed by atoms with van der Waals surface area (Å²) >= 11 is 5.88. The van der Waals surface area contributed by atoms with E-state index < -0.39 is 5.97 Å². The average Bonchev–Trinajstić information content (AvgIpc) is 2.61. The molecule has 0 aromatic heterocycles. The first-order valence-corrected chi connectivity index (χ1v) is 8.25. The molecule has 3 aromatic rings. The third-order valence-corrected chi connectivity index (χ3v) is 3.87. The van der Waals surface area contributed by atoms with Crippen molar-refractivity contribution in [1.82, 2.24) is 0 Å². The smallest absolute Gasteiger partial charge is 0.347 e. The van der Waals surface area contributed by atoms with Gasteiger partial charge in [-0.25, -0.2) is 4.79 Å². The van der Waals surface area contributed by atoms with E-state index in [2.05, 4.69) is 0 Å². The topological polar surface area (TPSA) is 35.5 Å². The number of benzene rings is 3. The van der Waals surface area contributed by atoms with Gasteiger partial charge >= 0.3 is 5.97 Å². The van der Waals surface area contributed by atoms with E-state index in [0.29, 0.717) is 28.7 Å². The Balaban J connectivity index is 1.73. The van der Waals surface area contributed by atoms with E-state index in [4.69, 9.17) is 21.1 Å². The molecule has 0 fully saturated rings. The van der Waals surface area contributed by atoms with E-state index in [-0.39, 0.29) is 0 Å². The lowest BCUT2D eigenvalue weighted by Crippen LogP contribution is -2.11. The van der Waals surface area contributed by atoms with Gasteiger partial charge in [0.25, 0.3) is 0 Å². The van der Waals surface area contributed by atoms with Crippen LogP contribution in [0.25, 0.3) is 0 Å². The van der Waals surface area contributed by atoms with Gasteiger partial charge in [0.15, 0.2) is 0 Å². The molecule has 0 amide bonds. The van der Waals surface area contributed by atoms with Gasteiger partial charge in [-0.15, -0.1) is 0 Å². The molecule has 126 valence electrons. The number of esters is 1. The molecule has 3 rings (SSSR count). The molecule has 4 heteroatoms. The van der Waals surface area contributed by atoms with Crippen LogP contribution in [0.3, 0.4) is 0 Å². The zero-order valence-electron chi connectivity index (χ0n) is 13.7. The zero-order chi connectivity index (χ0) is 17.6. The average molecular weight is 353 g/mol. The Morgan fingerprint density at radius 2 is 1.72 bits per heavy atom. The van der Waals surface area contributed by atoms with Crippen molar-refractivity contribution in [2.45, 2.75) is 13.5 Å². The summed E-state index contributed by atoms with van der Waals surface area (Å²) in [6.07, 6.45) is 0. The molecule has 3 nitrogen and oxygen atoms in total. The Bertz CT molecular complexity index is 872. The first-order valence-electron chi connectivity index (χ1n) is 7.87. The fourth-order valence-corrected chi connectivity index (χ4v) is 2.47. The van der Waals surface area contributed by atoms with Gasteiger partial charge < -0.3 is 9.47 Å². The highest BCUT2D eigenvalue weighted by Crippen LogP contribution is 2.22. The number of aryl methyl sites for hydroxylation is 1. The van der Waals surface area contributed by atoms with Crippen LogP contribution in [-0.2, 0) is 6.61 Å². The van der Waals surface area contributed by atoms with Crippen LogP contribution in [0.5, 0.6) is 11.5 Å². The van der Waals surface area contributed by atoms with Crippen LogP contribution < -0.4 is 9.47 Å². The summed E-state index contributed by atoms with van der Waals surface area (Å²) < 4.78 is 11.3. The molecule has 0 saturated carbocycles. The third kappa shape index (κ3) is 4.61. The number of para-hydroxylation sites is 1. The molecule has 0 aliphatic heterocycles. The van der Waals surface area contributed by atoms with Crippen molar-refractivity contribution in [3.63, 3.8) is 0 Å². The van der Waals surface area contributed by atoms with Crippen LogP contribution in [-0.4, -0.2) is 5.97 Å². The molecule has 0 radical (unpaired) electrons. The lowest BCUT2D eigenvalue weighted by molar-refractivity contribution is 0.0729. The predicted molar refractivity (Wildman–Crippen MR) is 98.4 cm³/mol. The van der Waals surface area contributed by atoms with Gasteiger partial charge in [0.1, 0.15) is 23.7 Å². The van der Waals surface area contributed by atoms with Crippen LogP contribution in [0.15, 0.2) is 72.8 Å². The van der Waals surface area contributed by atoms with Crippen LogP contribution in [0.4, 0.5) is 0 Å². The van der Waals surface area contributed by atoms with Gasteiger partial charge in [0.05, 0.1) is 0 Å². The zero-order valence-corrected chi connectivity index (χ0v) is 14.5. The summed E-state index contributed by atoms with van der Waals surface area (Å²) in [7, 11) is 0. The fraction of sp³-hybridized carbons (Fsp3) is 0.0952. The second-order valence-electron chi connectivity index (χ2n) is 5.62. The maximum absolute atomic E-state index is 12.5. The van der Waals surface area contributed by atoms with E-state index in [1.165, 1.54) is 0 Å². The predicted octanol–water partition coefficient (Wildman–Crippen LogP) is 5.45. The van der Waals surface area contributed by atoms with Crippen molar-refractivity contribution in [3.8, 4) is 11.5 Å². The highest BCUT2D eigenvalue weighted by Gasteiger charge is 2.14. The van der Waals surface area contributed by atoms with Gasteiger partial charge in [-0.05, 0) is 54.4 Å². The Labute approximate surface area is 151 Å². The highest BCUT2D eigenvalue weighted by atomic mass is 35.5. The van der Waals surface area contributed by atoms with Crippen molar-refractivity contribution in [2.24, 2.45) is 0 Å². The van der Waals surface area contributed by atoms with Gasteiger partial charge in [0, 0.05) is 5.02 Å². The summed E-state index contributed by atoms with van der Waals surface area (Å²) in [5.74, 6) is 0.546. The fourth-order valence-electron chi connectivity index (χ4n) is 2.34. The van der Waals surface area contributed by atoms with Gasteiger partial charge in [-0.1, -0.05) is 48.0 Å². The van der Waals surface area contributed by atoms with E-state index in [0.717, 1.165) is 11.1 Å². The minimum absolute atomic E-state index is 0.339. The number of carbonyl (C=O) groups is 1. The van der Waals surface area contributed by atoms with Crippen LogP contribution >= 0.6 is 11.6 Å². The first-order chi connectivity index (χ1) is 12.1. The molecule has 3 aromatic carbocycles. The standard InChI is InChI=1S/C21H17ClO3/c1-15-5-4-6-18(13-15)25-21(23)19-7-2-3-8-20(19)24-14-16-9-11-17(22)12-10-16/h2-13H,14H2,1H3. The monoisotopic (exact) mass is 352 g/mol. The SMILES string of the molecule is Cc1cccc(OC(=O)c2ccccc2OCc2ccc(Cl)cc2)c1. The number of halogens is 1. The Morgan fingerprint density at radius 3 is 2.48 bits per heavy atom. The molecular formula is C21H17ClO3. The van der Waals surface area contributed by atoms with Gasteiger partial charge in [-0.2, -0.15) is 0 Å². The lowest BCUT2D eigenvalue weighted by Gasteiger charge is -2.11. The molecule has 0 aliphatic carbocycles. The minimum atomic E-state index is -0.447. The van der Waals surface area contributed by atoms with Gasteiger partial charge in [0.2, 0.25) is 0 Å². The van der Waals surface area contributed by atoms with Crippen molar-refractivity contribution >= 4 is 17.6 Å². The quantitative estimate of drug-likeness (QED) is 0.452. The summed E-state index contributed by atoms with van der Waals surface area (Å²) in [5.41, 5.74) is 2.38. The molecule has 0 aliphatic rings. The molecule has 0 N–H and O–H groups in total. The first kappa shape index (κ1) is 17.1. The van der Waals surface area contributed by atoms with Crippen LogP contribution in [0, 0.1) is 6.92 Å². The molecule has 0 bridgehead atoms. The molecular weight excluding hydrogens is 336 g/mol. The number of rotatable bonds is 5. The summed E-state index contributed by atoms with van der Waals surface area (Å²) in [4.78, 5) is 12.5. The van der Waals surface area contributed by atoms with Crippen molar-refractivity contribution < 1.29 is 14.3 Å². The Morgan fingerprint density at radius 1 is 0.960 bits per heavy atom. The van der Waals surface area contributed by atoms with Crippen molar-refractivity contribution in [3.05, 3.63) is 94.5 Å². The van der Waals surface area contributed by atoms with Crippen LogP contribution in [0.1, 0.15) is 21.5 Å². The Hall–Kier alpha value is -2.78. The summed E-state index contributed by atoms with van der Waals surface area (Å²) in [6, 6.07) is 21.8. The molecule has 0 atom stereocenters. The Kier molecular flexibility index (Phi) is 5.36. The molecule has 0 spiro atoms. The third-order valence-electron chi connectivity index (χ3n) is 3.61. The lowest BCUT2D eigenvalue weighted by atomic mass is 10.2. The molecule has 0 heterocycles. The van der Waals surface area contributed by atoms with E-state index in [1.807, 2.05) is 43.3 Å². The second kappa shape index (κ2) is 7.86. The van der Waals surface area contributed by atoms with E-state index in [1.54, 1.807) is 36.4 Å². The maximum atomic E-state index is 12.5. The number of ether oxygens (including phenoxy) is 2. The van der Waals surface area contributed by atoms with Crippen LogP contribution in [0.2, 0.25) is 5.02 Å². The number of carbonyl (C=O) groups excluding carboxylic acids is 1. The van der Waals surface area contributed by atoms with Crippen molar-refractivity contribution in [1.29, 1.82) is 0 Å². The second-order valence-corrected chi connectivity index (χ2v) is 6.05. The largest absolute Gasteiger partial charge is 0.488 e.